The summed E-state index contributed by atoms with van der Waals surface area (Å²) in [6, 6.07) is 21.4. The highest BCUT2D eigenvalue weighted by molar-refractivity contribution is 7.99. The molecule has 6 heteroatoms. The van der Waals surface area contributed by atoms with Crippen molar-refractivity contribution in [2.75, 3.05) is 12.9 Å². The molecule has 0 spiro atoms. The lowest BCUT2D eigenvalue weighted by atomic mass is 9.84. The van der Waals surface area contributed by atoms with Crippen molar-refractivity contribution in [2.45, 2.75) is 78.1 Å². The smallest absolute Gasteiger partial charge is 0.311 e. The second kappa shape index (κ2) is 11.4. The lowest BCUT2D eigenvalue weighted by Crippen LogP contribution is -2.67. The van der Waals surface area contributed by atoms with Crippen LogP contribution in [0.3, 0.4) is 0 Å². The zero-order chi connectivity index (χ0) is 26.7. The van der Waals surface area contributed by atoms with E-state index >= 15 is 0 Å². The summed E-state index contributed by atoms with van der Waals surface area (Å²) < 4.78 is 19.8. The van der Waals surface area contributed by atoms with Gasteiger partial charge in [-0.3, -0.25) is 4.79 Å². The first-order valence-electron chi connectivity index (χ1n) is 13.0. The van der Waals surface area contributed by atoms with Gasteiger partial charge in [0.15, 0.2) is 0 Å². The quantitative estimate of drug-likeness (QED) is 0.332. The first kappa shape index (κ1) is 29.0. The number of hydrogen-bond acceptors (Lipinski definition) is 5. The second-order valence-electron chi connectivity index (χ2n) is 12.1. The summed E-state index contributed by atoms with van der Waals surface area (Å²) in [5.74, 6) is 0.135. The fourth-order valence-electron chi connectivity index (χ4n) is 5.07. The Morgan fingerprint density at radius 1 is 0.889 bits per heavy atom. The molecule has 4 nitrogen and oxygen atoms in total. The van der Waals surface area contributed by atoms with Crippen LogP contribution in [0.2, 0.25) is 5.04 Å². The van der Waals surface area contributed by atoms with Crippen molar-refractivity contribution in [3.05, 3.63) is 60.7 Å². The van der Waals surface area contributed by atoms with E-state index in [1.54, 1.807) is 11.8 Å². The third-order valence-corrected chi connectivity index (χ3v) is 13.3. The van der Waals surface area contributed by atoms with Gasteiger partial charge in [-0.05, 0) is 48.4 Å². The monoisotopic (exact) mass is 528 g/mol. The lowest BCUT2D eigenvalue weighted by Gasteiger charge is -2.47. The number of benzene rings is 2. The summed E-state index contributed by atoms with van der Waals surface area (Å²) in [4.78, 5) is 12.7. The maximum atomic E-state index is 12.7. The number of hydrogen-bond donors (Lipinski definition) is 0. The van der Waals surface area contributed by atoms with E-state index in [-0.39, 0.29) is 40.5 Å². The van der Waals surface area contributed by atoms with Gasteiger partial charge < -0.3 is 13.9 Å². The van der Waals surface area contributed by atoms with Crippen molar-refractivity contribution in [3.8, 4) is 0 Å². The highest BCUT2D eigenvalue weighted by atomic mass is 32.2. The number of rotatable bonds is 7. The number of esters is 1. The van der Waals surface area contributed by atoms with Crippen molar-refractivity contribution in [2.24, 2.45) is 17.3 Å². The SMILES string of the molecule is CS[C@@H]1OC(CO[Si](c2ccccc2)(c2ccccc2)C(C)(C)C)[C@H](C)[C@H](C)C1OC(=O)C(C)(C)C. The molecule has 0 aliphatic carbocycles. The highest BCUT2D eigenvalue weighted by Crippen LogP contribution is 2.40. The Morgan fingerprint density at radius 2 is 1.39 bits per heavy atom. The zero-order valence-corrected chi connectivity index (χ0v) is 25.2. The van der Waals surface area contributed by atoms with Crippen molar-refractivity contribution in [1.29, 1.82) is 0 Å². The van der Waals surface area contributed by atoms with Crippen LogP contribution in [0.1, 0.15) is 55.4 Å². The van der Waals surface area contributed by atoms with Gasteiger partial charge >= 0.3 is 5.97 Å². The van der Waals surface area contributed by atoms with Crippen LogP contribution in [0.25, 0.3) is 0 Å². The molecule has 0 amide bonds. The molecule has 5 atom stereocenters. The molecular weight excluding hydrogens is 484 g/mol. The molecule has 0 N–H and O–H groups in total. The minimum absolute atomic E-state index is 0.0938. The zero-order valence-electron chi connectivity index (χ0n) is 23.4. The Morgan fingerprint density at radius 3 is 1.81 bits per heavy atom. The molecule has 3 rings (SSSR count). The molecule has 0 aromatic heterocycles. The Hall–Kier alpha value is -1.60. The maximum absolute atomic E-state index is 12.7. The minimum Gasteiger partial charge on any atom is -0.458 e. The van der Waals surface area contributed by atoms with Gasteiger partial charge in [0.25, 0.3) is 8.32 Å². The van der Waals surface area contributed by atoms with E-state index in [0.29, 0.717) is 6.61 Å². The van der Waals surface area contributed by atoms with Crippen LogP contribution in [0.15, 0.2) is 60.7 Å². The van der Waals surface area contributed by atoms with Gasteiger partial charge in [-0.1, -0.05) is 95.3 Å². The van der Waals surface area contributed by atoms with Crippen molar-refractivity contribution < 1.29 is 18.7 Å². The van der Waals surface area contributed by atoms with E-state index in [1.807, 2.05) is 27.0 Å². The standard InChI is InChI=1S/C30H44O4SSi/c1-21-22(2)26(34-28(31)29(3,4)5)27(35-9)33-25(21)20-32-36(30(6,7)8,23-16-12-10-13-17-23)24-18-14-11-15-19-24/h10-19,21-22,25-27H,20H2,1-9H3/t21-,22+,25?,26?,27+/m1/s1. The summed E-state index contributed by atoms with van der Waals surface area (Å²) in [6.07, 6.45) is 1.64. The number of carbonyl (C=O) groups excluding carboxylic acids is 1. The molecule has 2 unspecified atom stereocenters. The largest absolute Gasteiger partial charge is 0.458 e. The van der Waals surface area contributed by atoms with Crippen LogP contribution in [-0.2, 0) is 18.7 Å². The topological polar surface area (TPSA) is 44.8 Å². The van der Waals surface area contributed by atoms with Gasteiger partial charge in [0.1, 0.15) is 11.5 Å². The van der Waals surface area contributed by atoms with E-state index in [9.17, 15) is 4.79 Å². The molecule has 36 heavy (non-hydrogen) atoms. The molecule has 1 fully saturated rings. The Balaban J connectivity index is 1.92. The van der Waals surface area contributed by atoms with Gasteiger partial charge in [0.2, 0.25) is 0 Å². The molecule has 2 aromatic rings. The van der Waals surface area contributed by atoms with Crippen LogP contribution in [0.4, 0.5) is 0 Å². The van der Waals surface area contributed by atoms with E-state index in [2.05, 4.69) is 95.3 Å². The average molecular weight is 529 g/mol. The van der Waals surface area contributed by atoms with E-state index in [1.165, 1.54) is 10.4 Å². The first-order valence-corrected chi connectivity index (χ1v) is 16.2. The van der Waals surface area contributed by atoms with E-state index in [4.69, 9.17) is 13.9 Å². The highest BCUT2D eigenvalue weighted by Gasteiger charge is 2.52. The second-order valence-corrected chi connectivity index (χ2v) is 17.3. The summed E-state index contributed by atoms with van der Waals surface area (Å²) in [6.45, 7) is 17.4. The number of thioether (sulfide) groups is 1. The third-order valence-electron chi connectivity index (χ3n) is 7.48. The van der Waals surface area contributed by atoms with Gasteiger partial charge in [-0.15, -0.1) is 11.8 Å². The van der Waals surface area contributed by atoms with Crippen molar-refractivity contribution in [3.63, 3.8) is 0 Å². The van der Waals surface area contributed by atoms with Crippen LogP contribution in [0, 0.1) is 17.3 Å². The normalized spacial score (nSPS) is 25.4. The average Bonchev–Trinajstić information content (AvgIpc) is 2.83. The molecule has 1 heterocycles. The lowest BCUT2D eigenvalue weighted by molar-refractivity contribution is -0.188. The minimum atomic E-state index is -2.66. The Kier molecular flexibility index (Phi) is 9.19. The predicted molar refractivity (Wildman–Crippen MR) is 153 cm³/mol. The molecule has 0 bridgehead atoms. The fraction of sp³-hybridized carbons (Fsp3) is 0.567. The van der Waals surface area contributed by atoms with Crippen molar-refractivity contribution >= 4 is 36.4 Å². The van der Waals surface area contributed by atoms with Crippen LogP contribution < -0.4 is 10.4 Å². The summed E-state index contributed by atoms with van der Waals surface area (Å²) in [5.41, 5.74) is -0.773. The first-order chi connectivity index (χ1) is 16.8. The van der Waals surface area contributed by atoms with Crippen molar-refractivity contribution in [1.82, 2.24) is 0 Å². The van der Waals surface area contributed by atoms with Gasteiger partial charge in [0, 0.05) is 5.92 Å². The maximum Gasteiger partial charge on any atom is 0.311 e. The molecule has 1 saturated heterocycles. The molecule has 1 aliphatic rings. The Labute approximate surface area is 223 Å². The summed E-state index contributed by atoms with van der Waals surface area (Å²) >= 11 is 1.60. The number of ether oxygens (including phenoxy) is 2. The van der Waals surface area contributed by atoms with Crippen LogP contribution in [-0.4, -0.2) is 44.8 Å². The molecule has 198 valence electrons. The molecule has 0 saturated carbocycles. The summed E-state index contributed by atoms with van der Waals surface area (Å²) in [5, 5.41) is 2.43. The van der Waals surface area contributed by atoms with Gasteiger partial charge in [-0.2, -0.15) is 0 Å². The van der Waals surface area contributed by atoms with Gasteiger partial charge in [-0.25, -0.2) is 0 Å². The molecule has 2 aromatic carbocycles. The molecule has 1 aliphatic heterocycles. The van der Waals surface area contributed by atoms with Crippen LogP contribution in [0.5, 0.6) is 0 Å². The predicted octanol–water partition coefficient (Wildman–Crippen LogP) is 5.88. The molecule has 0 radical (unpaired) electrons. The summed E-state index contributed by atoms with van der Waals surface area (Å²) in [7, 11) is -2.66. The number of carbonyl (C=O) groups is 1. The fourth-order valence-corrected chi connectivity index (χ4v) is 10.5. The molecular formula is C30H44O4SSi. The Bertz CT molecular complexity index is 942. The van der Waals surface area contributed by atoms with E-state index in [0.717, 1.165) is 0 Å². The van der Waals surface area contributed by atoms with E-state index < -0.39 is 13.7 Å². The third kappa shape index (κ3) is 5.93. The van der Waals surface area contributed by atoms with Gasteiger partial charge in [0.05, 0.1) is 18.1 Å². The van der Waals surface area contributed by atoms with Crippen LogP contribution >= 0.6 is 11.8 Å².